The van der Waals surface area contributed by atoms with Gasteiger partial charge in [0.1, 0.15) is 5.75 Å². The third kappa shape index (κ3) is 3.03. The Kier molecular flexibility index (Phi) is 4.61. The molecule has 1 aliphatic heterocycles. The topological polar surface area (TPSA) is 32.7 Å². The molecule has 2 unspecified atom stereocenters. The van der Waals surface area contributed by atoms with Crippen LogP contribution in [0.2, 0.25) is 0 Å². The predicted molar refractivity (Wildman–Crippen MR) is 72.7 cm³/mol. The molecule has 1 aliphatic rings. The summed E-state index contributed by atoms with van der Waals surface area (Å²) in [5, 5.41) is 9.96. The average Bonchev–Trinajstić information content (AvgIpc) is 2.85. The summed E-state index contributed by atoms with van der Waals surface area (Å²) in [5.41, 5.74) is 1.01. The summed E-state index contributed by atoms with van der Waals surface area (Å²) in [6.07, 6.45) is 3.67. The quantitative estimate of drug-likeness (QED) is 0.871. The lowest BCUT2D eigenvalue weighted by Crippen LogP contribution is -2.32. The summed E-state index contributed by atoms with van der Waals surface area (Å²) in [4.78, 5) is 2.30. The summed E-state index contributed by atoms with van der Waals surface area (Å²) in [6, 6.07) is 7.88. The van der Waals surface area contributed by atoms with E-state index in [2.05, 4.69) is 18.9 Å². The molecular weight excluding hydrogens is 226 g/mol. The molecule has 0 radical (unpaired) electrons. The molecule has 0 bridgehead atoms. The fourth-order valence-corrected chi connectivity index (χ4v) is 2.78. The minimum atomic E-state index is 0.260. The zero-order chi connectivity index (χ0) is 13.0. The zero-order valence-corrected chi connectivity index (χ0v) is 11.3. The second kappa shape index (κ2) is 6.21. The second-order valence-electron chi connectivity index (χ2n) is 5.06. The molecule has 0 aliphatic carbocycles. The highest BCUT2D eigenvalue weighted by Gasteiger charge is 2.23. The first-order chi connectivity index (χ1) is 8.72. The van der Waals surface area contributed by atoms with Crippen molar-refractivity contribution in [3.8, 4) is 5.75 Å². The van der Waals surface area contributed by atoms with E-state index < -0.39 is 0 Å². The van der Waals surface area contributed by atoms with Gasteiger partial charge in [-0.1, -0.05) is 25.1 Å². The number of phenolic OH excluding ortho intramolecular Hbond substituents is 1. The van der Waals surface area contributed by atoms with Gasteiger partial charge >= 0.3 is 0 Å². The van der Waals surface area contributed by atoms with E-state index in [1.54, 1.807) is 6.07 Å². The molecule has 1 N–H and O–H groups in total. The van der Waals surface area contributed by atoms with Crippen LogP contribution in [0.15, 0.2) is 24.3 Å². The van der Waals surface area contributed by atoms with E-state index in [0.29, 0.717) is 11.9 Å². The van der Waals surface area contributed by atoms with E-state index in [-0.39, 0.29) is 6.04 Å². The van der Waals surface area contributed by atoms with Crippen LogP contribution in [0.25, 0.3) is 0 Å². The largest absolute Gasteiger partial charge is 0.508 e. The first kappa shape index (κ1) is 13.4. The van der Waals surface area contributed by atoms with Crippen molar-refractivity contribution in [2.75, 3.05) is 20.2 Å². The summed E-state index contributed by atoms with van der Waals surface area (Å²) in [7, 11) is 2.11. The molecule has 1 fully saturated rings. The van der Waals surface area contributed by atoms with E-state index in [4.69, 9.17) is 4.74 Å². The highest BCUT2D eigenvalue weighted by Crippen LogP contribution is 2.30. The van der Waals surface area contributed by atoms with Gasteiger partial charge in [0.05, 0.1) is 6.10 Å². The summed E-state index contributed by atoms with van der Waals surface area (Å²) in [5.74, 6) is 0.392. The third-order valence-electron chi connectivity index (χ3n) is 3.73. The van der Waals surface area contributed by atoms with Crippen LogP contribution in [0.4, 0.5) is 0 Å². The molecule has 1 aromatic carbocycles. The first-order valence-electron chi connectivity index (χ1n) is 6.82. The lowest BCUT2D eigenvalue weighted by Gasteiger charge is -2.29. The lowest BCUT2D eigenvalue weighted by molar-refractivity contribution is 0.0666. The van der Waals surface area contributed by atoms with Crippen LogP contribution in [0.1, 0.15) is 37.8 Å². The maximum atomic E-state index is 9.96. The van der Waals surface area contributed by atoms with Crippen molar-refractivity contribution >= 4 is 0 Å². The van der Waals surface area contributed by atoms with E-state index in [0.717, 1.165) is 31.6 Å². The smallest absolute Gasteiger partial charge is 0.120 e. The molecule has 3 heteroatoms. The molecule has 18 heavy (non-hydrogen) atoms. The fourth-order valence-electron chi connectivity index (χ4n) is 2.78. The number of likely N-dealkylation sites (N-methyl/N-ethyl adjacent to an activating group) is 1. The van der Waals surface area contributed by atoms with Crippen molar-refractivity contribution < 1.29 is 9.84 Å². The number of hydrogen-bond donors (Lipinski definition) is 1. The maximum Gasteiger partial charge on any atom is 0.120 e. The van der Waals surface area contributed by atoms with Gasteiger partial charge in [-0.15, -0.1) is 0 Å². The number of aromatic hydroxyl groups is 1. The molecule has 0 aromatic heterocycles. The van der Waals surface area contributed by atoms with Crippen molar-refractivity contribution in [3.63, 3.8) is 0 Å². The van der Waals surface area contributed by atoms with Gasteiger partial charge in [0, 0.05) is 24.8 Å². The SMILES string of the molecule is CCC(c1ccccc1O)N(C)CC1CCCO1. The highest BCUT2D eigenvalue weighted by atomic mass is 16.5. The molecule has 1 aromatic rings. The van der Waals surface area contributed by atoms with Gasteiger partial charge in [0.15, 0.2) is 0 Å². The standard InChI is InChI=1S/C15H23NO2/c1-3-14(13-8-4-5-9-15(13)17)16(2)11-12-7-6-10-18-12/h4-5,8-9,12,14,17H,3,6-7,10-11H2,1-2H3. The minimum Gasteiger partial charge on any atom is -0.508 e. The predicted octanol–water partition coefficient (Wildman–Crippen LogP) is 2.95. The minimum absolute atomic E-state index is 0.260. The van der Waals surface area contributed by atoms with Gasteiger partial charge in [-0.3, -0.25) is 4.90 Å². The molecule has 3 nitrogen and oxygen atoms in total. The van der Waals surface area contributed by atoms with E-state index in [1.807, 2.05) is 18.2 Å². The van der Waals surface area contributed by atoms with Gasteiger partial charge in [-0.05, 0) is 32.4 Å². The third-order valence-corrected chi connectivity index (χ3v) is 3.73. The van der Waals surface area contributed by atoms with Crippen molar-refractivity contribution in [1.82, 2.24) is 4.90 Å². The number of hydrogen-bond acceptors (Lipinski definition) is 3. The first-order valence-corrected chi connectivity index (χ1v) is 6.82. The Morgan fingerprint density at radius 2 is 2.22 bits per heavy atom. The molecular formula is C15H23NO2. The molecule has 0 spiro atoms. The van der Waals surface area contributed by atoms with E-state index in [1.165, 1.54) is 6.42 Å². The number of phenols is 1. The van der Waals surface area contributed by atoms with Crippen LogP contribution in [-0.4, -0.2) is 36.3 Å². The monoisotopic (exact) mass is 249 g/mol. The van der Waals surface area contributed by atoms with Crippen LogP contribution in [0, 0.1) is 0 Å². The fraction of sp³-hybridized carbons (Fsp3) is 0.600. The van der Waals surface area contributed by atoms with Gasteiger partial charge < -0.3 is 9.84 Å². The summed E-state index contributed by atoms with van der Waals surface area (Å²) in [6.45, 7) is 3.99. The van der Waals surface area contributed by atoms with E-state index in [9.17, 15) is 5.11 Å². The number of ether oxygens (including phenoxy) is 1. The molecule has 2 rings (SSSR count). The van der Waals surface area contributed by atoms with Crippen molar-refractivity contribution in [2.24, 2.45) is 0 Å². The maximum absolute atomic E-state index is 9.96. The van der Waals surface area contributed by atoms with Crippen molar-refractivity contribution in [2.45, 2.75) is 38.3 Å². The van der Waals surface area contributed by atoms with Crippen molar-refractivity contribution in [3.05, 3.63) is 29.8 Å². The summed E-state index contributed by atoms with van der Waals surface area (Å²) >= 11 is 0. The summed E-state index contributed by atoms with van der Waals surface area (Å²) < 4.78 is 5.68. The Bertz CT molecular complexity index is 375. The molecule has 0 saturated carbocycles. The van der Waals surface area contributed by atoms with Crippen molar-refractivity contribution in [1.29, 1.82) is 0 Å². The number of para-hydroxylation sites is 1. The molecule has 1 heterocycles. The van der Waals surface area contributed by atoms with Crippen LogP contribution < -0.4 is 0 Å². The zero-order valence-electron chi connectivity index (χ0n) is 11.3. The Hall–Kier alpha value is -1.06. The van der Waals surface area contributed by atoms with Gasteiger partial charge in [-0.2, -0.15) is 0 Å². The molecule has 1 saturated heterocycles. The Morgan fingerprint density at radius 3 is 2.83 bits per heavy atom. The Morgan fingerprint density at radius 1 is 1.44 bits per heavy atom. The molecule has 2 atom stereocenters. The van der Waals surface area contributed by atoms with E-state index >= 15 is 0 Å². The van der Waals surface area contributed by atoms with Crippen LogP contribution >= 0.6 is 0 Å². The van der Waals surface area contributed by atoms with Gasteiger partial charge in [0.2, 0.25) is 0 Å². The Balaban J connectivity index is 2.05. The molecule has 0 amide bonds. The molecule has 100 valence electrons. The number of benzene rings is 1. The second-order valence-corrected chi connectivity index (χ2v) is 5.06. The lowest BCUT2D eigenvalue weighted by atomic mass is 10.0. The Labute approximate surface area is 109 Å². The number of rotatable bonds is 5. The van der Waals surface area contributed by atoms with Crippen LogP contribution in [-0.2, 0) is 4.74 Å². The van der Waals surface area contributed by atoms with Crippen LogP contribution in [0.5, 0.6) is 5.75 Å². The normalized spacial score (nSPS) is 21.4. The van der Waals surface area contributed by atoms with Gasteiger partial charge in [-0.25, -0.2) is 0 Å². The number of nitrogens with zero attached hydrogens (tertiary/aromatic N) is 1. The van der Waals surface area contributed by atoms with Gasteiger partial charge in [0.25, 0.3) is 0 Å². The van der Waals surface area contributed by atoms with Crippen LogP contribution in [0.3, 0.4) is 0 Å². The average molecular weight is 249 g/mol. The highest BCUT2D eigenvalue weighted by molar-refractivity contribution is 5.34.